The number of nitrogens with one attached hydrogen (secondary N) is 1. The minimum atomic E-state index is 0.586. The molecule has 0 radical (unpaired) electrons. The first-order valence-corrected chi connectivity index (χ1v) is 11.0. The molecular weight excluding hydrogens is 370 g/mol. The number of hydrogen-bond donors (Lipinski definition) is 1. The van der Waals surface area contributed by atoms with E-state index in [1.165, 1.54) is 28.0 Å². The van der Waals surface area contributed by atoms with Crippen LogP contribution in [0.25, 0.3) is 10.9 Å². The lowest BCUT2D eigenvalue weighted by Gasteiger charge is -2.39. The Labute approximate surface area is 179 Å². The van der Waals surface area contributed by atoms with E-state index in [-0.39, 0.29) is 0 Å². The van der Waals surface area contributed by atoms with Gasteiger partial charge >= 0.3 is 0 Å². The molecule has 3 aromatic rings. The standard InChI is InChI=1S/C25H31N5/c1-18-16-30(15-14-29(18)3)20-10-8-19(9-11-20)26-25-21-6-4-5-7-23(21)27-24-12-13-28(2)17-22(24)25/h4-11,18H,12-17H2,1-3H3,(H,26,27). The molecule has 0 bridgehead atoms. The van der Waals surface area contributed by atoms with Crippen molar-refractivity contribution in [3.8, 4) is 0 Å². The van der Waals surface area contributed by atoms with Gasteiger partial charge in [-0.1, -0.05) is 18.2 Å². The van der Waals surface area contributed by atoms with E-state index in [0.29, 0.717) is 6.04 Å². The predicted octanol–water partition coefficient (Wildman–Crippen LogP) is 4.11. The van der Waals surface area contributed by atoms with Crippen molar-refractivity contribution in [2.24, 2.45) is 0 Å². The van der Waals surface area contributed by atoms with Gasteiger partial charge in [-0.2, -0.15) is 0 Å². The first kappa shape index (κ1) is 19.3. The molecule has 1 aromatic heterocycles. The maximum absolute atomic E-state index is 4.96. The van der Waals surface area contributed by atoms with Crippen molar-refractivity contribution in [3.05, 3.63) is 59.8 Å². The average molecular weight is 402 g/mol. The van der Waals surface area contributed by atoms with Crippen molar-refractivity contribution in [2.75, 3.05) is 50.5 Å². The molecule has 2 aromatic carbocycles. The van der Waals surface area contributed by atoms with Crippen molar-refractivity contribution in [2.45, 2.75) is 25.9 Å². The molecular formula is C25H31N5. The Kier molecular flexibility index (Phi) is 5.09. The van der Waals surface area contributed by atoms with Crippen LogP contribution >= 0.6 is 0 Å². The Morgan fingerprint density at radius 3 is 2.57 bits per heavy atom. The second-order valence-corrected chi connectivity index (χ2v) is 8.86. The molecule has 0 amide bonds. The SMILES string of the molecule is CC1CN(c2ccc(Nc3c4c(nc5ccccc35)CCN(C)C4)cc2)CCN1C. The van der Waals surface area contributed by atoms with Crippen molar-refractivity contribution in [3.63, 3.8) is 0 Å². The van der Waals surface area contributed by atoms with Crippen LogP contribution in [0.15, 0.2) is 48.5 Å². The van der Waals surface area contributed by atoms with Gasteiger partial charge in [0, 0.05) is 73.2 Å². The number of para-hydroxylation sites is 1. The van der Waals surface area contributed by atoms with E-state index >= 15 is 0 Å². The number of fused-ring (bicyclic) bond motifs is 2. The second-order valence-electron chi connectivity index (χ2n) is 8.86. The highest BCUT2D eigenvalue weighted by Crippen LogP contribution is 2.34. The molecule has 1 saturated heterocycles. The van der Waals surface area contributed by atoms with Gasteiger partial charge in [-0.25, -0.2) is 0 Å². The number of likely N-dealkylation sites (N-methyl/N-ethyl adjacent to an activating group) is 2. The number of hydrogen-bond acceptors (Lipinski definition) is 5. The zero-order chi connectivity index (χ0) is 20.7. The van der Waals surface area contributed by atoms with Crippen LogP contribution < -0.4 is 10.2 Å². The third kappa shape index (κ3) is 3.64. The number of aromatic nitrogens is 1. The Hall–Kier alpha value is -2.63. The van der Waals surface area contributed by atoms with Crippen molar-refractivity contribution < 1.29 is 0 Å². The van der Waals surface area contributed by atoms with E-state index in [0.717, 1.165) is 50.3 Å². The highest BCUT2D eigenvalue weighted by molar-refractivity contribution is 5.95. The van der Waals surface area contributed by atoms with E-state index in [9.17, 15) is 0 Å². The smallest absolute Gasteiger partial charge is 0.0726 e. The van der Waals surface area contributed by atoms with E-state index in [1.807, 2.05) is 0 Å². The first-order valence-electron chi connectivity index (χ1n) is 11.0. The van der Waals surface area contributed by atoms with Crippen LogP contribution in [0.2, 0.25) is 0 Å². The molecule has 1 N–H and O–H groups in total. The Morgan fingerprint density at radius 1 is 0.967 bits per heavy atom. The molecule has 1 atom stereocenters. The lowest BCUT2D eigenvalue weighted by atomic mass is 10.00. The van der Waals surface area contributed by atoms with Crippen molar-refractivity contribution in [1.29, 1.82) is 0 Å². The minimum Gasteiger partial charge on any atom is -0.369 e. The van der Waals surface area contributed by atoms with Crippen LogP contribution in [0.3, 0.4) is 0 Å². The Bertz CT molecular complexity index is 1050. The minimum absolute atomic E-state index is 0.586. The van der Waals surface area contributed by atoms with Gasteiger partial charge in [-0.3, -0.25) is 4.98 Å². The lowest BCUT2D eigenvalue weighted by Crippen LogP contribution is -2.50. The summed E-state index contributed by atoms with van der Waals surface area (Å²) in [5, 5.41) is 4.95. The average Bonchev–Trinajstić information content (AvgIpc) is 2.76. The molecule has 5 heteroatoms. The largest absolute Gasteiger partial charge is 0.369 e. The first-order chi connectivity index (χ1) is 14.6. The molecule has 2 aliphatic heterocycles. The fraction of sp³-hybridized carbons (Fsp3) is 0.400. The number of pyridine rings is 1. The third-order valence-electron chi connectivity index (χ3n) is 6.70. The topological polar surface area (TPSA) is 34.6 Å². The van der Waals surface area contributed by atoms with Gasteiger partial charge in [0.1, 0.15) is 0 Å². The van der Waals surface area contributed by atoms with Gasteiger partial charge in [0.15, 0.2) is 0 Å². The lowest BCUT2D eigenvalue weighted by molar-refractivity contribution is 0.234. The van der Waals surface area contributed by atoms with E-state index in [4.69, 9.17) is 4.98 Å². The van der Waals surface area contributed by atoms with Gasteiger partial charge in [0.25, 0.3) is 0 Å². The zero-order valence-corrected chi connectivity index (χ0v) is 18.2. The molecule has 2 aliphatic rings. The monoisotopic (exact) mass is 401 g/mol. The van der Waals surface area contributed by atoms with E-state index in [1.54, 1.807) is 0 Å². The molecule has 0 saturated carbocycles. The summed E-state index contributed by atoms with van der Waals surface area (Å²) >= 11 is 0. The van der Waals surface area contributed by atoms with Crippen LogP contribution in [-0.4, -0.2) is 61.1 Å². The van der Waals surface area contributed by atoms with Crippen molar-refractivity contribution >= 4 is 28.0 Å². The Morgan fingerprint density at radius 2 is 1.77 bits per heavy atom. The summed E-state index contributed by atoms with van der Waals surface area (Å²) < 4.78 is 0. The molecule has 5 nitrogen and oxygen atoms in total. The van der Waals surface area contributed by atoms with Crippen LogP contribution in [0.1, 0.15) is 18.2 Å². The summed E-state index contributed by atoms with van der Waals surface area (Å²) in [6, 6.07) is 18.0. The van der Waals surface area contributed by atoms with Gasteiger partial charge in [-0.05, 0) is 51.4 Å². The molecule has 1 unspecified atom stereocenters. The normalized spacial score (nSPS) is 20.4. The summed E-state index contributed by atoms with van der Waals surface area (Å²) in [4.78, 5) is 12.3. The van der Waals surface area contributed by atoms with Crippen LogP contribution in [0.4, 0.5) is 17.1 Å². The van der Waals surface area contributed by atoms with Gasteiger partial charge in [-0.15, -0.1) is 0 Å². The summed E-state index contributed by atoms with van der Waals surface area (Å²) in [5.41, 5.74) is 7.29. The fourth-order valence-electron chi connectivity index (χ4n) is 4.65. The molecule has 3 heterocycles. The maximum atomic E-state index is 4.96. The van der Waals surface area contributed by atoms with Crippen LogP contribution in [0.5, 0.6) is 0 Å². The summed E-state index contributed by atoms with van der Waals surface area (Å²) in [5.74, 6) is 0. The molecule has 156 valence electrons. The highest BCUT2D eigenvalue weighted by atomic mass is 15.3. The number of piperazine rings is 1. The number of rotatable bonds is 3. The Balaban J connectivity index is 1.45. The molecule has 30 heavy (non-hydrogen) atoms. The zero-order valence-electron chi connectivity index (χ0n) is 18.2. The van der Waals surface area contributed by atoms with Crippen LogP contribution in [0, 0.1) is 0 Å². The number of nitrogens with zero attached hydrogens (tertiary/aromatic N) is 4. The number of benzene rings is 2. The highest BCUT2D eigenvalue weighted by Gasteiger charge is 2.22. The maximum Gasteiger partial charge on any atom is 0.0726 e. The van der Waals surface area contributed by atoms with Gasteiger partial charge in [0.2, 0.25) is 0 Å². The van der Waals surface area contributed by atoms with Gasteiger partial charge < -0.3 is 20.0 Å². The van der Waals surface area contributed by atoms with E-state index < -0.39 is 0 Å². The fourth-order valence-corrected chi connectivity index (χ4v) is 4.65. The summed E-state index contributed by atoms with van der Waals surface area (Å²) in [7, 11) is 4.40. The quantitative estimate of drug-likeness (QED) is 0.715. The summed E-state index contributed by atoms with van der Waals surface area (Å²) in [6.07, 6.45) is 1.01. The summed E-state index contributed by atoms with van der Waals surface area (Å²) in [6.45, 7) is 7.59. The third-order valence-corrected chi connectivity index (χ3v) is 6.70. The predicted molar refractivity (Wildman–Crippen MR) is 126 cm³/mol. The molecule has 0 aliphatic carbocycles. The molecule has 5 rings (SSSR count). The second kappa shape index (κ2) is 7.89. The van der Waals surface area contributed by atoms with Crippen LogP contribution in [-0.2, 0) is 13.0 Å². The van der Waals surface area contributed by atoms with E-state index in [2.05, 4.69) is 89.6 Å². The van der Waals surface area contributed by atoms with Gasteiger partial charge in [0.05, 0.1) is 11.2 Å². The molecule has 1 fully saturated rings. The van der Waals surface area contributed by atoms with Crippen molar-refractivity contribution in [1.82, 2.24) is 14.8 Å². The number of anilines is 3. The molecule has 0 spiro atoms.